The number of nitrogens with two attached hydrogens (primary N) is 1. The molecule has 5 heteroatoms. The van der Waals surface area contributed by atoms with E-state index >= 15 is 0 Å². The van der Waals surface area contributed by atoms with Crippen LogP contribution in [0.1, 0.15) is 12.8 Å². The fraction of sp³-hybridized carbons (Fsp3) is 0.357. The van der Waals surface area contributed by atoms with Crippen LogP contribution < -0.4 is 10.6 Å². The minimum absolute atomic E-state index is 0.648. The van der Waals surface area contributed by atoms with Crippen molar-refractivity contribution in [3.8, 4) is 11.3 Å². The maximum atomic E-state index is 6.40. The lowest BCUT2D eigenvalue weighted by Crippen LogP contribution is -2.17. The Morgan fingerprint density at radius 1 is 1.21 bits per heavy atom. The van der Waals surface area contributed by atoms with Crippen molar-refractivity contribution in [3.63, 3.8) is 0 Å². The molecule has 0 unspecified atom stereocenters. The second-order valence-corrected chi connectivity index (χ2v) is 5.35. The molecule has 0 amide bonds. The van der Waals surface area contributed by atoms with Gasteiger partial charge in [0.1, 0.15) is 5.82 Å². The fourth-order valence-corrected chi connectivity index (χ4v) is 2.80. The molecule has 0 radical (unpaired) electrons. The van der Waals surface area contributed by atoms with Crippen molar-refractivity contribution in [2.45, 2.75) is 12.8 Å². The SMILES string of the molecule is Cn1nc(-c2ccc(N3CCCC3)c(Cl)c2)cc1N. The zero-order valence-electron chi connectivity index (χ0n) is 10.9. The Hall–Kier alpha value is -1.68. The molecule has 1 fully saturated rings. The maximum Gasteiger partial charge on any atom is 0.121 e. The summed E-state index contributed by atoms with van der Waals surface area (Å²) in [7, 11) is 1.83. The highest BCUT2D eigenvalue weighted by Crippen LogP contribution is 2.32. The van der Waals surface area contributed by atoms with E-state index in [-0.39, 0.29) is 0 Å². The van der Waals surface area contributed by atoms with Gasteiger partial charge in [0.25, 0.3) is 0 Å². The molecule has 3 rings (SSSR count). The van der Waals surface area contributed by atoms with Crippen LogP contribution in [0.3, 0.4) is 0 Å². The van der Waals surface area contributed by atoms with Gasteiger partial charge in [0, 0.05) is 31.8 Å². The van der Waals surface area contributed by atoms with E-state index in [1.807, 2.05) is 19.2 Å². The molecule has 1 aromatic heterocycles. The normalized spacial score (nSPS) is 15.2. The van der Waals surface area contributed by atoms with Crippen LogP contribution in [0.4, 0.5) is 11.5 Å². The van der Waals surface area contributed by atoms with E-state index in [2.05, 4.69) is 22.1 Å². The number of benzene rings is 1. The highest BCUT2D eigenvalue weighted by atomic mass is 35.5. The Labute approximate surface area is 117 Å². The summed E-state index contributed by atoms with van der Waals surface area (Å²) in [6.07, 6.45) is 2.49. The summed E-state index contributed by atoms with van der Waals surface area (Å²) in [6, 6.07) is 7.97. The lowest BCUT2D eigenvalue weighted by atomic mass is 10.1. The summed E-state index contributed by atoms with van der Waals surface area (Å²) < 4.78 is 1.66. The second kappa shape index (κ2) is 4.78. The summed E-state index contributed by atoms with van der Waals surface area (Å²) in [5.41, 5.74) is 8.78. The van der Waals surface area contributed by atoms with Crippen molar-refractivity contribution in [2.24, 2.45) is 7.05 Å². The Balaban J connectivity index is 1.94. The molecule has 2 heterocycles. The van der Waals surface area contributed by atoms with Crippen molar-refractivity contribution in [3.05, 3.63) is 29.3 Å². The molecule has 1 aliphatic heterocycles. The van der Waals surface area contributed by atoms with Gasteiger partial charge < -0.3 is 10.6 Å². The summed E-state index contributed by atoms with van der Waals surface area (Å²) in [5, 5.41) is 5.15. The van der Waals surface area contributed by atoms with E-state index < -0.39 is 0 Å². The summed E-state index contributed by atoms with van der Waals surface area (Å²) in [5.74, 6) is 0.648. The molecule has 100 valence electrons. The summed E-state index contributed by atoms with van der Waals surface area (Å²) in [6.45, 7) is 2.19. The molecule has 1 aromatic carbocycles. The quantitative estimate of drug-likeness (QED) is 0.917. The largest absolute Gasteiger partial charge is 0.384 e. The minimum atomic E-state index is 0.648. The van der Waals surface area contributed by atoms with Crippen molar-refractivity contribution in [1.29, 1.82) is 0 Å². The molecule has 0 saturated carbocycles. The first-order valence-electron chi connectivity index (χ1n) is 6.49. The number of anilines is 2. The number of aromatic nitrogens is 2. The Kier molecular flexibility index (Phi) is 3.11. The molecular weight excluding hydrogens is 260 g/mol. The predicted molar refractivity (Wildman–Crippen MR) is 79.5 cm³/mol. The van der Waals surface area contributed by atoms with Crippen LogP contribution >= 0.6 is 11.6 Å². The number of nitrogens with zero attached hydrogens (tertiary/aromatic N) is 3. The van der Waals surface area contributed by atoms with Crippen LogP contribution in [-0.2, 0) is 7.05 Å². The Bertz CT molecular complexity index is 580. The van der Waals surface area contributed by atoms with Crippen LogP contribution in [0.25, 0.3) is 11.3 Å². The third kappa shape index (κ3) is 2.28. The molecule has 2 N–H and O–H groups in total. The van der Waals surface area contributed by atoms with Gasteiger partial charge in [-0.2, -0.15) is 5.10 Å². The highest BCUT2D eigenvalue weighted by molar-refractivity contribution is 6.33. The van der Waals surface area contributed by atoms with Crippen LogP contribution in [0.5, 0.6) is 0 Å². The first-order valence-corrected chi connectivity index (χ1v) is 6.87. The van der Waals surface area contributed by atoms with Crippen LogP contribution in [0.15, 0.2) is 24.3 Å². The van der Waals surface area contributed by atoms with Gasteiger partial charge in [-0.15, -0.1) is 0 Å². The van der Waals surface area contributed by atoms with Crippen LogP contribution in [0, 0.1) is 0 Å². The number of hydrogen-bond acceptors (Lipinski definition) is 3. The smallest absolute Gasteiger partial charge is 0.121 e. The topological polar surface area (TPSA) is 47.1 Å². The lowest BCUT2D eigenvalue weighted by molar-refractivity contribution is 0.782. The van der Waals surface area contributed by atoms with Crippen LogP contribution in [-0.4, -0.2) is 22.9 Å². The molecule has 0 aliphatic carbocycles. The van der Waals surface area contributed by atoms with E-state index in [0.29, 0.717) is 5.82 Å². The zero-order chi connectivity index (χ0) is 13.4. The number of hydrogen-bond donors (Lipinski definition) is 1. The molecule has 19 heavy (non-hydrogen) atoms. The third-order valence-electron chi connectivity index (χ3n) is 3.61. The average molecular weight is 277 g/mol. The minimum Gasteiger partial charge on any atom is -0.384 e. The number of nitrogen functional groups attached to an aromatic ring is 1. The molecule has 0 bridgehead atoms. The number of rotatable bonds is 2. The first-order chi connectivity index (χ1) is 9.15. The van der Waals surface area contributed by atoms with E-state index in [4.69, 9.17) is 17.3 Å². The molecular formula is C14H17ClN4. The van der Waals surface area contributed by atoms with Gasteiger partial charge >= 0.3 is 0 Å². The van der Waals surface area contributed by atoms with E-state index in [9.17, 15) is 0 Å². The first kappa shape index (κ1) is 12.4. The van der Waals surface area contributed by atoms with Gasteiger partial charge in [0.15, 0.2) is 0 Å². The zero-order valence-corrected chi connectivity index (χ0v) is 11.7. The Morgan fingerprint density at radius 3 is 2.53 bits per heavy atom. The van der Waals surface area contributed by atoms with Crippen molar-refractivity contribution >= 4 is 23.1 Å². The van der Waals surface area contributed by atoms with Gasteiger partial charge in [0.2, 0.25) is 0 Å². The molecule has 1 aliphatic rings. The van der Waals surface area contributed by atoms with Crippen molar-refractivity contribution in [1.82, 2.24) is 9.78 Å². The molecule has 4 nitrogen and oxygen atoms in total. The number of aryl methyl sites for hydroxylation is 1. The summed E-state index contributed by atoms with van der Waals surface area (Å²) >= 11 is 6.40. The van der Waals surface area contributed by atoms with Crippen molar-refractivity contribution in [2.75, 3.05) is 23.7 Å². The number of halogens is 1. The van der Waals surface area contributed by atoms with E-state index in [1.54, 1.807) is 4.68 Å². The molecule has 1 saturated heterocycles. The Morgan fingerprint density at radius 2 is 1.95 bits per heavy atom. The highest BCUT2D eigenvalue weighted by Gasteiger charge is 2.16. The monoisotopic (exact) mass is 276 g/mol. The second-order valence-electron chi connectivity index (χ2n) is 4.94. The molecule has 0 atom stereocenters. The van der Waals surface area contributed by atoms with Gasteiger partial charge in [0.05, 0.1) is 16.4 Å². The molecule has 0 spiro atoms. The fourth-order valence-electron chi connectivity index (χ4n) is 2.50. The van der Waals surface area contributed by atoms with Gasteiger partial charge in [-0.3, -0.25) is 4.68 Å². The summed E-state index contributed by atoms with van der Waals surface area (Å²) in [4.78, 5) is 2.33. The van der Waals surface area contributed by atoms with Crippen molar-refractivity contribution < 1.29 is 0 Å². The lowest BCUT2D eigenvalue weighted by Gasteiger charge is -2.19. The van der Waals surface area contributed by atoms with E-state index in [1.165, 1.54) is 12.8 Å². The average Bonchev–Trinajstić information content (AvgIpc) is 3.00. The van der Waals surface area contributed by atoms with Gasteiger partial charge in [-0.25, -0.2) is 0 Å². The maximum absolute atomic E-state index is 6.40. The third-order valence-corrected chi connectivity index (χ3v) is 3.91. The van der Waals surface area contributed by atoms with Gasteiger partial charge in [-0.05, 0) is 25.0 Å². The van der Waals surface area contributed by atoms with Gasteiger partial charge in [-0.1, -0.05) is 17.7 Å². The standard InChI is InChI=1S/C14H17ClN4/c1-18-14(16)9-12(17-18)10-4-5-13(11(15)8-10)19-6-2-3-7-19/h4-5,8-9H,2-3,6-7,16H2,1H3. The molecule has 2 aromatic rings. The van der Waals surface area contributed by atoms with E-state index in [0.717, 1.165) is 35.1 Å². The van der Waals surface area contributed by atoms with Crippen LogP contribution in [0.2, 0.25) is 5.02 Å². The predicted octanol–water partition coefficient (Wildman–Crippen LogP) is 2.92.